The van der Waals surface area contributed by atoms with Crippen LogP contribution in [0.2, 0.25) is 0 Å². The average molecular weight is 396 g/mol. The maximum absolute atomic E-state index is 12.5. The van der Waals surface area contributed by atoms with Gasteiger partial charge >= 0.3 is 18.0 Å². The number of nitrogens with one attached hydrogen (secondary N) is 3. The molecule has 0 unspecified atom stereocenters. The molecule has 0 heterocycles. The molecular formula is C17H24N4O5S. The molecule has 0 aromatic heterocycles. The Morgan fingerprint density at radius 3 is 2.41 bits per heavy atom. The standard InChI is InChI=1S/C17H24N4O5S/c1-3-19-17(25)21-14(22)13(11-7-5-4-6-8-11)26-15(23)12(9-10-27-2)20-16(18)24/h4-8,12-13H,3,9-10H2,1-2H3,(H3,18,20,24)(H2,19,21,22,25)/t12-,13+/m1/s1. The van der Waals surface area contributed by atoms with Gasteiger partial charge in [-0.05, 0) is 25.4 Å². The molecule has 5 amide bonds. The number of rotatable bonds is 9. The molecule has 1 rings (SSSR count). The second-order valence-corrected chi connectivity index (χ2v) is 6.40. The molecule has 0 aliphatic carbocycles. The van der Waals surface area contributed by atoms with E-state index in [0.29, 0.717) is 17.9 Å². The second kappa shape index (κ2) is 11.8. The van der Waals surface area contributed by atoms with Crippen LogP contribution < -0.4 is 21.7 Å². The van der Waals surface area contributed by atoms with Crippen molar-refractivity contribution in [1.82, 2.24) is 16.0 Å². The highest BCUT2D eigenvalue weighted by Crippen LogP contribution is 2.19. The Hall–Kier alpha value is -2.75. The van der Waals surface area contributed by atoms with Crippen molar-refractivity contribution in [3.63, 3.8) is 0 Å². The van der Waals surface area contributed by atoms with E-state index in [1.807, 2.05) is 6.26 Å². The molecule has 148 valence electrons. The van der Waals surface area contributed by atoms with Crippen LogP contribution in [0, 0.1) is 0 Å². The number of carbonyl (C=O) groups excluding carboxylic acids is 4. The number of urea groups is 2. The second-order valence-electron chi connectivity index (χ2n) is 5.42. The number of esters is 1. The van der Waals surface area contributed by atoms with Gasteiger partial charge in [0.05, 0.1) is 0 Å². The lowest BCUT2D eigenvalue weighted by molar-refractivity contribution is -0.158. The van der Waals surface area contributed by atoms with Crippen molar-refractivity contribution in [2.24, 2.45) is 5.73 Å². The van der Waals surface area contributed by atoms with Crippen molar-refractivity contribution in [3.8, 4) is 0 Å². The zero-order chi connectivity index (χ0) is 20.2. The minimum atomic E-state index is -1.35. The van der Waals surface area contributed by atoms with Crippen LogP contribution in [0.4, 0.5) is 9.59 Å². The van der Waals surface area contributed by atoms with Crippen LogP contribution in [0.25, 0.3) is 0 Å². The van der Waals surface area contributed by atoms with Crippen molar-refractivity contribution in [1.29, 1.82) is 0 Å². The van der Waals surface area contributed by atoms with Crippen molar-refractivity contribution < 1.29 is 23.9 Å². The molecule has 5 N–H and O–H groups in total. The van der Waals surface area contributed by atoms with Crippen LogP contribution in [-0.4, -0.2) is 48.5 Å². The SMILES string of the molecule is CCNC(=O)NC(=O)[C@@H](OC(=O)[C@@H](CCSC)NC(N)=O)c1ccccc1. The monoisotopic (exact) mass is 396 g/mol. The molecule has 0 fully saturated rings. The highest BCUT2D eigenvalue weighted by atomic mass is 32.2. The van der Waals surface area contributed by atoms with Gasteiger partial charge in [0.15, 0.2) is 0 Å². The summed E-state index contributed by atoms with van der Waals surface area (Å²) in [6, 6.07) is 5.68. The number of hydrogen-bond donors (Lipinski definition) is 4. The predicted molar refractivity (Wildman–Crippen MR) is 102 cm³/mol. The minimum Gasteiger partial charge on any atom is -0.446 e. The normalized spacial score (nSPS) is 12.4. The molecule has 1 aromatic rings. The first-order chi connectivity index (χ1) is 12.9. The van der Waals surface area contributed by atoms with Crippen molar-refractivity contribution in [2.75, 3.05) is 18.6 Å². The summed E-state index contributed by atoms with van der Waals surface area (Å²) in [5.41, 5.74) is 5.49. The van der Waals surface area contributed by atoms with E-state index in [4.69, 9.17) is 10.5 Å². The number of imide groups is 1. The molecule has 10 heteroatoms. The first-order valence-corrected chi connectivity index (χ1v) is 9.67. The lowest BCUT2D eigenvalue weighted by Crippen LogP contribution is -2.47. The molecular weight excluding hydrogens is 372 g/mol. The average Bonchev–Trinajstić information content (AvgIpc) is 2.63. The summed E-state index contributed by atoms with van der Waals surface area (Å²) < 4.78 is 5.33. The van der Waals surface area contributed by atoms with Crippen molar-refractivity contribution in [2.45, 2.75) is 25.5 Å². The summed E-state index contributed by atoms with van der Waals surface area (Å²) >= 11 is 1.48. The van der Waals surface area contributed by atoms with Gasteiger partial charge in [0, 0.05) is 12.1 Å². The maximum atomic E-state index is 12.5. The van der Waals surface area contributed by atoms with Crippen LogP contribution in [0.5, 0.6) is 0 Å². The van der Waals surface area contributed by atoms with Gasteiger partial charge in [-0.1, -0.05) is 30.3 Å². The number of ether oxygens (including phenoxy) is 1. The zero-order valence-electron chi connectivity index (χ0n) is 15.2. The van der Waals surface area contributed by atoms with Gasteiger partial charge in [-0.25, -0.2) is 14.4 Å². The van der Waals surface area contributed by atoms with Gasteiger partial charge in [-0.3, -0.25) is 10.1 Å². The third-order valence-electron chi connectivity index (χ3n) is 3.36. The number of hydrogen-bond acceptors (Lipinski definition) is 6. The third kappa shape index (κ3) is 7.99. The van der Waals surface area contributed by atoms with E-state index in [9.17, 15) is 19.2 Å². The smallest absolute Gasteiger partial charge is 0.329 e. The molecule has 9 nitrogen and oxygen atoms in total. The fourth-order valence-corrected chi connectivity index (χ4v) is 2.61. The fraction of sp³-hybridized carbons (Fsp3) is 0.412. The van der Waals surface area contributed by atoms with Crippen LogP contribution >= 0.6 is 11.8 Å². The first-order valence-electron chi connectivity index (χ1n) is 8.28. The Morgan fingerprint density at radius 2 is 1.85 bits per heavy atom. The van der Waals surface area contributed by atoms with E-state index in [1.165, 1.54) is 11.8 Å². The van der Waals surface area contributed by atoms with Crippen molar-refractivity contribution >= 4 is 35.7 Å². The fourth-order valence-electron chi connectivity index (χ4n) is 2.14. The maximum Gasteiger partial charge on any atom is 0.329 e. The van der Waals surface area contributed by atoms with Gasteiger partial charge in [0.2, 0.25) is 6.10 Å². The molecule has 0 aliphatic rings. The summed E-state index contributed by atoms with van der Waals surface area (Å²) in [6.07, 6.45) is 0.773. The van der Waals surface area contributed by atoms with E-state index in [-0.39, 0.29) is 6.42 Å². The summed E-state index contributed by atoms with van der Waals surface area (Å²) in [5, 5.41) is 6.86. The van der Waals surface area contributed by atoms with Crippen molar-refractivity contribution in [3.05, 3.63) is 35.9 Å². The molecule has 0 radical (unpaired) electrons. The lowest BCUT2D eigenvalue weighted by Gasteiger charge is -2.21. The molecule has 0 saturated heterocycles. The number of amides is 5. The minimum absolute atomic E-state index is 0.280. The molecule has 1 aromatic carbocycles. The zero-order valence-corrected chi connectivity index (χ0v) is 16.0. The summed E-state index contributed by atoms with van der Waals surface area (Å²) in [7, 11) is 0. The van der Waals surface area contributed by atoms with E-state index in [1.54, 1.807) is 37.3 Å². The van der Waals surface area contributed by atoms with E-state index >= 15 is 0 Å². The Kier molecular flexibility index (Phi) is 9.73. The number of primary amides is 1. The summed E-state index contributed by atoms with van der Waals surface area (Å²) in [4.78, 5) is 47.7. The lowest BCUT2D eigenvalue weighted by atomic mass is 10.1. The number of benzene rings is 1. The molecule has 0 saturated carbocycles. The Labute approximate surface area is 161 Å². The van der Waals surface area contributed by atoms with Crippen LogP contribution in [0.15, 0.2) is 30.3 Å². The molecule has 2 atom stereocenters. The Bertz CT molecular complexity index is 656. The third-order valence-corrected chi connectivity index (χ3v) is 4.00. The molecule has 0 spiro atoms. The quantitative estimate of drug-likeness (QED) is 0.457. The van der Waals surface area contributed by atoms with Gasteiger partial charge in [0.1, 0.15) is 6.04 Å². The number of thioether (sulfide) groups is 1. The number of nitrogens with two attached hydrogens (primary N) is 1. The summed E-state index contributed by atoms with van der Waals surface area (Å²) in [5.74, 6) is -1.05. The van der Waals surface area contributed by atoms with Gasteiger partial charge in [0.25, 0.3) is 5.91 Å². The van der Waals surface area contributed by atoms with E-state index < -0.39 is 36.1 Å². The Balaban J connectivity index is 2.97. The van der Waals surface area contributed by atoms with E-state index in [0.717, 1.165) is 0 Å². The van der Waals surface area contributed by atoms with Crippen LogP contribution in [0.3, 0.4) is 0 Å². The van der Waals surface area contributed by atoms with Gasteiger partial charge in [-0.2, -0.15) is 11.8 Å². The largest absolute Gasteiger partial charge is 0.446 e. The highest BCUT2D eigenvalue weighted by molar-refractivity contribution is 7.98. The van der Waals surface area contributed by atoms with Gasteiger partial charge in [-0.15, -0.1) is 0 Å². The topological polar surface area (TPSA) is 140 Å². The molecule has 0 aliphatic heterocycles. The molecule has 27 heavy (non-hydrogen) atoms. The van der Waals surface area contributed by atoms with Crippen LogP contribution in [-0.2, 0) is 14.3 Å². The first kappa shape index (κ1) is 22.3. The van der Waals surface area contributed by atoms with E-state index in [2.05, 4.69) is 16.0 Å². The van der Waals surface area contributed by atoms with Crippen LogP contribution in [0.1, 0.15) is 25.0 Å². The summed E-state index contributed by atoms with van der Waals surface area (Å²) in [6.45, 7) is 2.03. The highest BCUT2D eigenvalue weighted by Gasteiger charge is 2.30. The van der Waals surface area contributed by atoms with Gasteiger partial charge < -0.3 is 21.1 Å². The Morgan fingerprint density at radius 1 is 1.19 bits per heavy atom. The predicted octanol–water partition coefficient (Wildman–Crippen LogP) is 0.907. The molecule has 0 bridgehead atoms. The number of carbonyl (C=O) groups is 4.